The third-order valence-corrected chi connectivity index (χ3v) is 4.44. The molecule has 3 heterocycles. The highest BCUT2D eigenvalue weighted by molar-refractivity contribution is 6.30. The van der Waals surface area contributed by atoms with Crippen molar-refractivity contribution in [1.29, 1.82) is 0 Å². The Balaban J connectivity index is 1.81. The van der Waals surface area contributed by atoms with Gasteiger partial charge in [0, 0.05) is 12.7 Å². The van der Waals surface area contributed by atoms with Crippen molar-refractivity contribution >= 4 is 23.2 Å². The molecule has 1 amide bonds. The van der Waals surface area contributed by atoms with E-state index in [-0.39, 0.29) is 5.91 Å². The number of piperidine rings is 1. The Morgan fingerprint density at radius 2 is 2.23 bits per heavy atom. The molecule has 0 radical (unpaired) electrons. The maximum Gasteiger partial charge on any atom is 0.270 e. The van der Waals surface area contributed by atoms with Crippen molar-refractivity contribution in [2.45, 2.75) is 26.2 Å². The number of aromatic nitrogens is 2. The molecule has 2 aromatic rings. The largest absolute Gasteiger partial charge is 0.350 e. The van der Waals surface area contributed by atoms with Crippen LogP contribution in [0.5, 0.6) is 0 Å². The molecule has 3 rings (SSSR count). The molecule has 0 aromatic carbocycles. The number of nitrogens with zero attached hydrogens (tertiary/aromatic N) is 2. The Kier molecular flexibility index (Phi) is 4.64. The molecule has 0 aliphatic carbocycles. The van der Waals surface area contributed by atoms with E-state index in [0.29, 0.717) is 16.6 Å². The van der Waals surface area contributed by atoms with Crippen molar-refractivity contribution in [1.82, 2.24) is 20.0 Å². The molecular weight excluding hydrogens is 300 g/mol. The molecule has 6 heteroatoms. The number of fused-ring (bicyclic) bond motifs is 1. The second-order valence-corrected chi connectivity index (χ2v) is 6.18. The fourth-order valence-corrected chi connectivity index (χ4v) is 3.12. The number of halogens is 1. The summed E-state index contributed by atoms with van der Waals surface area (Å²) in [5.74, 6) is 0.489. The number of hydrogen-bond donors (Lipinski definition) is 2. The summed E-state index contributed by atoms with van der Waals surface area (Å²) in [6.07, 6.45) is 4.69. The van der Waals surface area contributed by atoms with Crippen molar-refractivity contribution < 1.29 is 4.79 Å². The van der Waals surface area contributed by atoms with Crippen molar-refractivity contribution in [3.05, 3.63) is 34.7 Å². The van der Waals surface area contributed by atoms with Gasteiger partial charge in [-0.25, -0.2) is 4.98 Å². The number of rotatable bonds is 4. The second kappa shape index (κ2) is 6.67. The average Bonchev–Trinajstić information content (AvgIpc) is 2.91. The molecule has 0 spiro atoms. The van der Waals surface area contributed by atoms with E-state index in [9.17, 15) is 4.79 Å². The van der Waals surface area contributed by atoms with Crippen LogP contribution in [0.25, 0.3) is 5.65 Å². The molecule has 2 N–H and O–H groups in total. The third-order valence-electron chi connectivity index (χ3n) is 4.21. The molecule has 1 aliphatic rings. The van der Waals surface area contributed by atoms with Gasteiger partial charge in [0.2, 0.25) is 0 Å². The first-order chi connectivity index (χ1) is 10.7. The van der Waals surface area contributed by atoms with Crippen molar-refractivity contribution in [2.75, 3.05) is 19.6 Å². The van der Waals surface area contributed by atoms with Gasteiger partial charge in [-0.1, -0.05) is 18.5 Å². The van der Waals surface area contributed by atoms with Gasteiger partial charge in [-0.15, -0.1) is 0 Å². The van der Waals surface area contributed by atoms with Crippen LogP contribution in [0.4, 0.5) is 0 Å². The van der Waals surface area contributed by atoms with Crippen LogP contribution < -0.4 is 10.6 Å². The lowest BCUT2D eigenvalue weighted by atomic mass is 9.98. The molecule has 22 heavy (non-hydrogen) atoms. The summed E-state index contributed by atoms with van der Waals surface area (Å²) in [5, 5.41) is 7.00. The second-order valence-electron chi connectivity index (χ2n) is 5.74. The van der Waals surface area contributed by atoms with Gasteiger partial charge in [-0.2, -0.15) is 0 Å². The third kappa shape index (κ3) is 3.10. The first kappa shape index (κ1) is 15.3. The molecule has 5 nitrogen and oxygen atoms in total. The Bertz CT molecular complexity index is 676. The number of aryl methyl sites for hydroxylation is 1. The topological polar surface area (TPSA) is 58.4 Å². The standard InChI is InChI=1S/C16H21ClN4O/c1-2-13-15(21-10-12(17)3-4-14(21)20-13)16(22)19-9-11-5-7-18-8-6-11/h3-4,10-11,18H,2,5-9H2,1H3,(H,19,22). The highest BCUT2D eigenvalue weighted by atomic mass is 35.5. The smallest absolute Gasteiger partial charge is 0.270 e. The Morgan fingerprint density at radius 3 is 2.95 bits per heavy atom. The van der Waals surface area contributed by atoms with Gasteiger partial charge in [0.05, 0.1) is 10.7 Å². The molecule has 0 unspecified atom stereocenters. The van der Waals surface area contributed by atoms with Crippen LogP contribution in [-0.4, -0.2) is 34.9 Å². The normalized spacial score (nSPS) is 16.1. The van der Waals surface area contributed by atoms with Gasteiger partial charge in [0.15, 0.2) is 0 Å². The lowest BCUT2D eigenvalue weighted by Crippen LogP contribution is -2.36. The monoisotopic (exact) mass is 320 g/mol. The van der Waals surface area contributed by atoms with Gasteiger partial charge in [0.25, 0.3) is 5.91 Å². The van der Waals surface area contributed by atoms with Crippen LogP contribution >= 0.6 is 11.6 Å². The number of amides is 1. The lowest BCUT2D eigenvalue weighted by Gasteiger charge is -2.22. The number of nitrogens with one attached hydrogen (secondary N) is 2. The van der Waals surface area contributed by atoms with Crippen molar-refractivity contribution in [3.8, 4) is 0 Å². The summed E-state index contributed by atoms with van der Waals surface area (Å²) in [4.78, 5) is 17.1. The first-order valence-electron chi connectivity index (χ1n) is 7.84. The zero-order chi connectivity index (χ0) is 15.5. The van der Waals surface area contributed by atoms with Crippen LogP contribution in [0.15, 0.2) is 18.3 Å². The van der Waals surface area contributed by atoms with E-state index in [0.717, 1.165) is 50.2 Å². The van der Waals surface area contributed by atoms with E-state index >= 15 is 0 Å². The summed E-state index contributed by atoms with van der Waals surface area (Å²) in [5.41, 5.74) is 2.17. The van der Waals surface area contributed by atoms with Crippen molar-refractivity contribution in [2.24, 2.45) is 5.92 Å². The Hall–Kier alpha value is -1.59. The first-order valence-corrected chi connectivity index (χ1v) is 8.22. The number of carbonyl (C=O) groups is 1. The van der Waals surface area contributed by atoms with E-state index in [1.807, 2.05) is 13.0 Å². The number of carbonyl (C=O) groups excluding carboxylic acids is 1. The highest BCUT2D eigenvalue weighted by Gasteiger charge is 2.20. The van der Waals surface area contributed by atoms with Gasteiger partial charge >= 0.3 is 0 Å². The average molecular weight is 321 g/mol. The van der Waals surface area contributed by atoms with E-state index in [2.05, 4.69) is 15.6 Å². The summed E-state index contributed by atoms with van der Waals surface area (Å²) < 4.78 is 1.79. The minimum Gasteiger partial charge on any atom is -0.350 e. The van der Waals surface area contributed by atoms with Gasteiger partial charge in [0.1, 0.15) is 11.3 Å². The minimum atomic E-state index is -0.0647. The van der Waals surface area contributed by atoms with Gasteiger partial charge in [-0.05, 0) is 50.4 Å². The van der Waals surface area contributed by atoms with Gasteiger partial charge in [-0.3, -0.25) is 9.20 Å². The predicted molar refractivity (Wildman–Crippen MR) is 87.5 cm³/mol. The zero-order valence-electron chi connectivity index (χ0n) is 12.7. The molecule has 1 saturated heterocycles. The maximum atomic E-state index is 12.6. The quantitative estimate of drug-likeness (QED) is 0.908. The number of imidazole rings is 1. The van der Waals surface area contributed by atoms with Crippen molar-refractivity contribution in [3.63, 3.8) is 0 Å². The van der Waals surface area contributed by atoms with Gasteiger partial charge < -0.3 is 10.6 Å². The molecule has 2 aromatic heterocycles. The maximum absolute atomic E-state index is 12.6. The van der Waals surface area contributed by atoms with Crippen LogP contribution in [0.2, 0.25) is 5.02 Å². The highest BCUT2D eigenvalue weighted by Crippen LogP contribution is 2.18. The van der Waals surface area contributed by atoms with Crippen LogP contribution in [0, 0.1) is 5.92 Å². The molecule has 0 saturated carbocycles. The molecule has 118 valence electrons. The predicted octanol–water partition coefficient (Wildman–Crippen LogP) is 2.28. The van der Waals surface area contributed by atoms with E-state index in [1.54, 1.807) is 16.7 Å². The van der Waals surface area contributed by atoms with Crippen LogP contribution in [-0.2, 0) is 6.42 Å². The molecule has 0 bridgehead atoms. The van der Waals surface area contributed by atoms with Crippen LogP contribution in [0.3, 0.4) is 0 Å². The SMILES string of the molecule is CCc1nc2ccc(Cl)cn2c1C(=O)NCC1CCNCC1. The Labute approximate surface area is 135 Å². The van der Waals surface area contributed by atoms with Crippen LogP contribution in [0.1, 0.15) is 35.9 Å². The lowest BCUT2D eigenvalue weighted by molar-refractivity contribution is 0.0937. The molecular formula is C16H21ClN4O. The van der Waals surface area contributed by atoms with E-state index in [4.69, 9.17) is 11.6 Å². The molecule has 0 atom stereocenters. The summed E-state index contributed by atoms with van der Waals surface area (Å²) >= 11 is 6.06. The summed E-state index contributed by atoms with van der Waals surface area (Å²) in [6, 6.07) is 3.63. The molecule has 1 aliphatic heterocycles. The fourth-order valence-electron chi connectivity index (χ4n) is 2.96. The van der Waals surface area contributed by atoms with E-state index in [1.165, 1.54) is 0 Å². The molecule has 1 fully saturated rings. The summed E-state index contributed by atoms with van der Waals surface area (Å²) in [7, 11) is 0. The summed E-state index contributed by atoms with van der Waals surface area (Å²) in [6.45, 7) is 4.79. The number of hydrogen-bond acceptors (Lipinski definition) is 3. The fraction of sp³-hybridized carbons (Fsp3) is 0.500. The number of pyridine rings is 1. The Morgan fingerprint density at radius 1 is 1.45 bits per heavy atom. The zero-order valence-corrected chi connectivity index (χ0v) is 13.5. The minimum absolute atomic E-state index is 0.0647. The van der Waals surface area contributed by atoms with E-state index < -0.39 is 0 Å².